The third-order valence-electron chi connectivity index (χ3n) is 2.95. The van der Waals surface area contributed by atoms with Crippen LogP contribution in [0.2, 0.25) is 0 Å². The van der Waals surface area contributed by atoms with Crippen LogP contribution < -0.4 is 16.4 Å². The molecule has 2 amide bonds. The average molecular weight is 300 g/mol. The van der Waals surface area contributed by atoms with Gasteiger partial charge in [0.1, 0.15) is 0 Å². The highest BCUT2D eigenvalue weighted by molar-refractivity contribution is 5.94. The Morgan fingerprint density at radius 2 is 1.65 bits per heavy atom. The van der Waals surface area contributed by atoms with Crippen LogP contribution in [-0.4, -0.2) is 30.9 Å². The molecular weight excluding hydrogens is 278 g/mol. The first-order valence-electron chi connectivity index (χ1n) is 6.39. The SMILES string of the molecule is CC(N)C(C)C(=O)NCCNC(=O)c1ccccc1.Cl. The Hall–Kier alpha value is -1.59. The number of halogens is 1. The second kappa shape index (κ2) is 9.34. The Bertz CT molecular complexity index is 424. The summed E-state index contributed by atoms with van der Waals surface area (Å²) in [7, 11) is 0. The summed E-state index contributed by atoms with van der Waals surface area (Å²) in [5, 5.41) is 5.47. The van der Waals surface area contributed by atoms with Crippen molar-refractivity contribution in [2.45, 2.75) is 19.9 Å². The van der Waals surface area contributed by atoms with E-state index in [9.17, 15) is 9.59 Å². The van der Waals surface area contributed by atoms with Gasteiger partial charge in [-0.2, -0.15) is 0 Å². The first-order chi connectivity index (χ1) is 9.02. The fraction of sp³-hybridized carbons (Fsp3) is 0.429. The lowest BCUT2D eigenvalue weighted by molar-refractivity contribution is -0.124. The zero-order valence-corrected chi connectivity index (χ0v) is 12.6. The van der Waals surface area contributed by atoms with E-state index in [-0.39, 0.29) is 36.2 Å². The van der Waals surface area contributed by atoms with Gasteiger partial charge in [0.25, 0.3) is 5.91 Å². The molecule has 2 unspecified atom stereocenters. The van der Waals surface area contributed by atoms with E-state index in [0.29, 0.717) is 18.7 Å². The molecule has 0 aliphatic rings. The van der Waals surface area contributed by atoms with Crippen molar-refractivity contribution in [3.8, 4) is 0 Å². The summed E-state index contributed by atoms with van der Waals surface area (Å²) in [6, 6.07) is 8.77. The molecule has 112 valence electrons. The molecule has 1 aromatic rings. The van der Waals surface area contributed by atoms with E-state index in [1.807, 2.05) is 6.07 Å². The minimum Gasteiger partial charge on any atom is -0.354 e. The lowest BCUT2D eigenvalue weighted by Gasteiger charge is -2.15. The Labute approximate surface area is 125 Å². The molecule has 0 bridgehead atoms. The summed E-state index contributed by atoms with van der Waals surface area (Å²) in [4.78, 5) is 23.3. The maximum absolute atomic E-state index is 11.7. The molecule has 0 radical (unpaired) electrons. The number of nitrogens with two attached hydrogens (primary N) is 1. The van der Waals surface area contributed by atoms with Gasteiger partial charge in [-0.1, -0.05) is 25.1 Å². The molecule has 0 spiro atoms. The van der Waals surface area contributed by atoms with Crippen molar-refractivity contribution in [3.05, 3.63) is 35.9 Å². The second-order valence-electron chi connectivity index (χ2n) is 4.56. The lowest BCUT2D eigenvalue weighted by atomic mass is 10.0. The molecule has 1 aromatic carbocycles. The molecule has 6 heteroatoms. The highest BCUT2D eigenvalue weighted by atomic mass is 35.5. The molecule has 0 saturated heterocycles. The fourth-order valence-corrected chi connectivity index (χ4v) is 1.45. The highest BCUT2D eigenvalue weighted by Gasteiger charge is 2.16. The van der Waals surface area contributed by atoms with Crippen molar-refractivity contribution in [2.75, 3.05) is 13.1 Å². The maximum Gasteiger partial charge on any atom is 0.251 e. The molecule has 5 nitrogen and oxygen atoms in total. The van der Waals surface area contributed by atoms with E-state index >= 15 is 0 Å². The quantitative estimate of drug-likeness (QED) is 0.684. The summed E-state index contributed by atoms with van der Waals surface area (Å²) >= 11 is 0. The van der Waals surface area contributed by atoms with Crippen molar-refractivity contribution < 1.29 is 9.59 Å². The number of hydrogen-bond donors (Lipinski definition) is 3. The Morgan fingerprint density at radius 1 is 1.10 bits per heavy atom. The molecule has 4 N–H and O–H groups in total. The number of nitrogens with one attached hydrogen (secondary N) is 2. The zero-order valence-electron chi connectivity index (χ0n) is 11.8. The first-order valence-corrected chi connectivity index (χ1v) is 6.39. The van der Waals surface area contributed by atoms with E-state index in [1.165, 1.54) is 0 Å². The van der Waals surface area contributed by atoms with Crippen molar-refractivity contribution in [2.24, 2.45) is 11.7 Å². The van der Waals surface area contributed by atoms with Crippen molar-refractivity contribution in [1.29, 1.82) is 0 Å². The summed E-state index contributed by atoms with van der Waals surface area (Å²) in [5.41, 5.74) is 6.24. The fourth-order valence-electron chi connectivity index (χ4n) is 1.45. The van der Waals surface area contributed by atoms with Gasteiger partial charge in [0.05, 0.1) is 0 Å². The molecule has 0 heterocycles. The summed E-state index contributed by atoms with van der Waals surface area (Å²) in [6.07, 6.45) is 0. The number of hydrogen-bond acceptors (Lipinski definition) is 3. The van der Waals surface area contributed by atoms with Crippen LogP contribution in [0.1, 0.15) is 24.2 Å². The number of rotatable bonds is 6. The van der Waals surface area contributed by atoms with Crippen molar-refractivity contribution in [3.63, 3.8) is 0 Å². The molecule has 20 heavy (non-hydrogen) atoms. The summed E-state index contributed by atoms with van der Waals surface area (Å²) in [6.45, 7) is 4.36. The lowest BCUT2D eigenvalue weighted by Crippen LogP contribution is -2.41. The third-order valence-corrected chi connectivity index (χ3v) is 2.95. The van der Waals surface area contributed by atoms with Crippen LogP contribution in [0.4, 0.5) is 0 Å². The smallest absolute Gasteiger partial charge is 0.251 e. The number of amides is 2. The minimum absolute atomic E-state index is 0. The normalized spacial score (nSPS) is 12.8. The van der Waals surface area contributed by atoms with Gasteiger partial charge in [0, 0.05) is 30.6 Å². The topological polar surface area (TPSA) is 84.2 Å². The molecule has 0 fully saturated rings. The van der Waals surface area contributed by atoms with Gasteiger partial charge in [0.2, 0.25) is 5.91 Å². The predicted octanol–water partition coefficient (Wildman–Crippen LogP) is 0.938. The molecular formula is C14H22ClN3O2. The van der Waals surface area contributed by atoms with Crippen LogP contribution in [0.3, 0.4) is 0 Å². The Balaban J connectivity index is 0.00000361. The van der Waals surface area contributed by atoms with E-state index in [2.05, 4.69) is 10.6 Å². The average Bonchev–Trinajstić information content (AvgIpc) is 2.43. The zero-order chi connectivity index (χ0) is 14.3. The maximum atomic E-state index is 11.7. The Kier molecular flexibility index (Phi) is 8.59. The second-order valence-corrected chi connectivity index (χ2v) is 4.56. The van der Waals surface area contributed by atoms with Crippen molar-refractivity contribution >= 4 is 24.2 Å². The Morgan fingerprint density at radius 3 is 2.20 bits per heavy atom. The van der Waals surface area contributed by atoms with Gasteiger partial charge in [-0.3, -0.25) is 9.59 Å². The van der Waals surface area contributed by atoms with Gasteiger partial charge in [-0.15, -0.1) is 12.4 Å². The van der Waals surface area contributed by atoms with Crippen LogP contribution in [0.25, 0.3) is 0 Å². The van der Waals surface area contributed by atoms with Gasteiger partial charge >= 0.3 is 0 Å². The first kappa shape index (κ1) is 18.4. The monoisotopic (exact) mass is 299 g/mol. The number of benzene rings is 1. The van der Waals surface area contributed by atoms with Gasteiger partial charge < -0.3 is 16.4 Å². The molecule has 0 aliphatic carbocycles. The van der Waals surface area contributed by atoms with Crippen LogP contribution >= 0.6 is 12.4 Å². The van der Waals surface area contributed by atoms with E-state index in [4.69, 9.17) is 5.73 Å². The highest BCUT2D eigenvalue weighted by Crippen LogP contribution is 1.99. The van der Waals surface area contributed by atoms with Crippen molar-refractivity contribution in [1.82, 2.24) is 10.6 Å². The third kappa shape index (κ3) is 6.04. The van der Waals surface area contributed by atoms with Crippen LogP contribution in [0.5, 0.6) is 0 Å². The molecule has 2 atom stereocenters. The van der Waals surface area contributed by atoms with E-state index < -0.39 is 0 Å². The van der Waals surface area contributed by atoms with Crippen LogP contribution in [0, 0.1) is 5.92 Å². The van der Waals surface area contributed by atoms with Gasteiger partial charge in [-0.05, 0) is 19.1 Å². The predicted molar refractivity (Wildman–Crippen MR) is 81.8 cm³/mol. The van der Waals surface area contributed by atoms with E-state index in [1.54, 1.807) is 38.1 Å². The van der Waals surface area contributed by atoms with Crippen LogP contribution in [-0.2, 0) is 4.79 Å². The minimum atomic E-state index is -0.232. The summed E-state index contributed by atoms with van der Waals surface area (Å²) < 4.78 is 0. The number of carbonyl (C=O) groups is 2. The summed E-state index contributed by atoms with van der Waals surface area (Å²) in [5.74, 6) is -0.469. The van der Waals surface area contributed by atoms with Crippen LogP contribution in [0.15, 0.2) is 30.3 Å². The molecule has 0 saturated carbocycles. The van der Waals surface area contributed by atoms with Gasteiger partial charge in [-0.25, -0.2) is 0 Å². The molecule has 0 aromatic heterocycles. The molecule has 0 aliphatic heterocycles. The number of carbonyl (C=O) groups excluding carboxylic acids is 2. The largest absolute Gasteiger partial charge is 0.354 e. The molecule has 1 rings (SSSR count). The van der Waals surface area contributed by atoms with Gasteiger partial charge in [0.15, 0.2) is 0 Å². The standard InChI is InChI=1S/C14H21N3O2.ClH/c1-10(11(2)15)13(18)16-8-9-17-14(19)12-6-4-3-5-7-12;/h3-7,10-11H,8-9,15H2,1-2H3,(H,16,18)(H,17,19);1H. The van der Waals surface area contributed by atoms with E-state index in [0.717, 1.165) is 0 Å².